The van der Waals surface area contributed by atoms with Crippen LogP contribution in [0.25, 0.3) is 0 Å². The van der Waals surface area contributed by atoms with E-state index in [4.69, 9.17) is 4.74 Å². The number of amides is 1. The van der Waals surface area contributed by atoms with Crippen molar-refractivity contribution in [1.82, 2.24) is 4.90 Å². The van der Waals surface area contributed by atoms with E-state index in [0.717, 1.165) is 10.0 Å². The molecule has 1 amide bonds. The number of hydrogen-bond acceptors (Lipinski definition) is 2. The Hall–Kier alpha value is -2.07. The molecule has 112 valence electrons. The fourth-order valence-electron chi connectivity index (χ4n) is 2.67. The van der Waals surface area contributed by atoms with Gasteiger partial charge < -0.3 is 9.64 Å². The third-order valence-electron chi connectivity index (χ3n) is 3.70. The second-order valence-electron chi connectivity index (χ2n) is 5.10. The number of likely N-dealkylation sites (tertiary alicyclic amines) is 1. The highest BCUT2D eigenvalue weighted by molar-refractivity contribution is 9.10. The fraction of sp³-hybridized carbons (Fsp3) is 0.167. The number of carbonyl (C=O) groups excluding carboxylic acids is 1. The lowest BCUT2D eigenvalue weighted by molar-refractivity contribution is -0.162. The van der Waals surface area contributed by atoms with Crippen LogP contribution in [0, 0.1) is 0 Å². The molecule has 3 rings (SSSR count). The van der Waals surface area contributed by atoms with E-state index in [1.165, 1.54) is 0 Å². The molecule has 0 aromatic heterocycles. The molecule has 2 aromatic carbocycles. The Morgan fingerprint density at radius 1 is 1.14 bits per heavy atom. The zero-order valence-corrected chi connectivity index (χ0v) is 13.6. The number of β-lactam (4-membered cyclic amide) rings is 1. The maximum atomic E-state index is 12.4. The van der Waals surface area contributed by atoms with Crippen molar-refractivity contribution in [3.63, 3.8) is 0 Å². The predicted octanol–water partition coefficient (Wildman–Crippen LogP) is 3.97. The highest BCUT2D eigenvalue weighted by Gasteiger charge is 2.50. The summed E-state index contributed by atoms with van der Waals surface area (Å²) in [5.74, 6) is 0.695. The van der Waals surface area contributed by atoms with Crippen molar-refractivity contribution >= 4 is 21.8 Å². The van der Waals surface area contributed by atoms with Crippen molar-refractivity contribution in [2.75, 3.05) is 6.54 Å². The Balaban J connectivity index is 1.90. The fourth-order valence-corrected chi connectivity index (χ4v) is 3.19. The molecule has 0 saturated carbocycles. The van der Waals surface area contributed by atoms with Crippen LogP contribution in [0.5, 0.6) is 5.75 Å². The van der Waals surface area contributed by atoms with Crippen molar-refractivity contribution in [3.8, 4) is 5.75 Å². The zero-order valence-electron chi connectivity index (χ0n) is 12.0. The average Bonchev–Trinajstić information content (AvgIpc) is 2.55. The minimum Gasteiger partial charge on any atom is -0.478 e. The van der Waals surface area contributed by atoms with Crippen LogP contribution in [0.4, 0.5) is 0 Å². The molecule has 1 aliphatic rings. The summed E-state index contributed by atoms with van der Waals surface area (Å²) in [6, 6.07) is 17.2. The Morgan fingerprint density at radius 3 is 2.50 bits per heavy atom. The quantitative estimate of drug-likeness (QED) is 0.598. The molecule has 1 heterocycles. The molecule has 0 N–H and O–H groups in total. The third-order valence-corrected chi connectivity index (χ3v) is 4.43. The average molecular weight is 358 g/mol. The number of nitrogens with zero attached hydrogens (tertiary/aromatic N) is 1. The van der Waals surface area contributed by atoms with Crippen molar-refractivity contribution in [1.29, 1.82) is 0 Å². The van der Waals surface area contributed by atoms with Crippen LogP contribution in [0.2, 0.25) is 0 Å². The predicted molar refractivity (Wildman–Crippen MR) is 89.7 cm³/mol. The Bertz CT molecular complexity index is 686. The summed E-state index contributed by atoms with van der Waals surface area (Å²) in [5.41, 5.74) is 1.05. The van der Waals surface area contributed by atoms with Gasteiger partial charge in [0.2, 0.25) is 6.10 Å². The molecular formula is C18H16BrNO2. The van der Waals surface area contributed by atoms with Gasteiger partial charge in [0.05, 0.1) is 0 Å². The first-order chi connectivity index (χ1) is 10.7. The number of ether oxygens (including phenoxy) is 1. The van der Waals surface area contributed by atoms with Gasteiger partial charge in [-0.15, -0.1) is 6.58 Å². The maximum Gasteiger partial charge on any atom is 0.267 e. The zero-order chi connectivity index (χ0) is 15.5. The molecule has 4 heteroatoms. The Kier molecular flexibility index (Phi) is 4.29. The highest BCUT2D eigenvalue weighted by atomic mass is 79.9. The number of rotatable bonds is 5. The molecule has 0 aliphatic carbocycles. The summed E-state index contributed by atoms with van der Waals surface area (Å²) in [6.07, 6.45) is 1.24. The second-order valence-corrected chi connectivity index (χ2v) is 5.95. The first kappa shape index (κ1) is 14.9. The van der Waals surface area contributed by atoms with Gasteiger partial charge in [-0.1, -0.05) is 58.4 Å². The van der Waals surface area contributed by atoms with Crippen LogP contribution in [-0.4, -0.2) is 23.5 Å². The largest absolute Gasteiger partial charge is 0.478 e. The summed E-state index contributed by atoms with van der Waals surface area (Å²) < 4.78 is 6.89. The summed E-state index contributed by atoms with van der Waals surface area (Å²) >= 11 is 3.56. The molecule has 2 unspecified atom stereocenters. The lowest BCUT2D eigenvalue weighted by Crippen LogP contribution is -2.61. The lowest BCUT2D eigenvalue weighted by Gasteiger charge is -2.46. The topological polar surface area (TPSA) is 29.5 Å². The van der Waals surface area contributed by atoms with Gasteiger partial charge >= 0.3 is 0 Å². The summed E-state index contributed by atoms with van der Waals surface area (Å²) in [5, 5.41) is 0. The summed E-state index contributed by atoms with van der Waals surface area (Å²) in [4.78, 5) is 14.2. The minimum atomic E-state index is -0.499. The van der Waals surface area contributed by atoms with Crippen LogP contribution in [-0.2, 0) is 4.79 Å². The molecule has 22 heavy (non-hydrogen) atoms. The number of para-hydroxylation sites is 1. The van der Waals surface area contributed by atoms with Crippen molar-refractivity contribution < 1.29 is 9.53 Å². The van der Waals surface area contributed by atoms with Gasteiger partial charge in [0.15, 0.2) is 0 Å². The van der Waals surface area contributed by atoms with E-state index >= 15 is 0 Å². The van der Waals surface area contributed by atoms with Crippen LogP contribution < -0.4 is 4.74 Å². The molecular weight excluding hydrogens is 342 g/mol. The van der Waals surface area contributed by atoms with Gasteiger partial charge in [-0.05, 0) is 23.8 Å². The van der Waals surface area contributed by atoms with Crippen LogP contribution in [0.3, 0.4) is 0 Å². The molecule has 2 atom stereocenters. The SMILES string of the molecule is C=CCN1C(=O)C(Oc2ccccc2)C1c1ccccc1Br. The monoisotopic (exact) mass is 357 g/mol. The van der Waals surface area contributed by atoms with Gasteiger partial charge in [0.1, 0.15) is 11.8 Å². The smallest absolute Gasteiger partial charge is 0.267 e. The Labute approximate surface area is 138 Å². The first-order valence-corrected chi connectivity index (χ1v) is 7.89. The summed E-state index contributed by atoms with van der Waals surface area (Å²) in [6.45, 7) is 4.24. The molecule has 0 bridgehead atoms. The Morgan fingerprint density at radius 2 is 1.82 bits per heavy atom. The number of benzene rings is 2. The normalized spacial score (nSPS) is 20.4. The van der Waals surface area contributed by atoms with E-state index in [-0.39, 0.29) is 11.9 Å². The molecule has 3 nitrogen and oxygen atoms in total. The van der Waals surface area contributed by atoms with E-state index < -0.39 is 6.10 Å². The molecule has 1 saturated heterocycles. The van der Waals surface area contributed by atoms with Gasteiger partial charge in [0.25, 0.3) is 5.91 Å². The van der Waals surface area contributed by atoms with E-state index in [1.807, 2.05) is 54.6 Å². The number of hydrogen-bond donors (Lipinski definition) is 0. The van der Waals surface area contributed by atoms with E-state index in [0.29, 0.717) is 12.3 Å². The molecule has 0 radical (unpaired) electrons. The number of halogens is 1. The van der Waals surface area contributed by atoms with Crippen molar-refractivity contribution in [2.24, 2.45) is 0 Å². The molecule has 2 aromatic rings. The molecule has 1 aliphatic heterocycles. The van der Waals surface area contributed by atoms with Crippen LogP contribution >= 0.6 is 15.9 Å². The molecule has 0 spiro atoms. The van der Waals surface area contributed by atoms with Gasteiger partial charge in [-0.25, -0.2) is 0 Å². The number of carbonyl (C=O) groups is 1. The lowest BCUT2D eigenvalue weighted by atomic mass is 9.90. The van der Waals surface area contributed by atoms with Crippen molar-refractivity contribution in [2.45, 2.75) is 12.1 Å². The van der Waals surface area contributed by atoms with Crippen molar-refractivity contribution in [3.05, 3.63) is 77.3 Å². The van der Waals surface area contributed by atoms with Gasteiger partial charge in [-0.2, -0.15) is 0 Å². The third kappa shape index (κ3) is 2.66. The first-order valence-electron chi connectivity index (χ1n) is 7.10. The maximum absolute atomic E-state index is 12.4. The van der Waals surface area contributed by atoms with Gasteiger partial charge in [0, 0.05) is 11.0 Å². The molecule has 1 fully saturated rings. The minimum absolute atomic E-state index is 0.00972. The van der Waals surface area contributed by atoms with E-state index in [2.05, 4.69) is 22.5 Å². The van der Waals surface area contributed by atoms with E-state index in [9.17, 15) is 4.79 Å². The van der Waals surface area contributed by atoms with E-state index in [1.54, 1.807) is 11.0 Å². The standard InChI is InChI=1S/C18H16BrNO2/c1-2-12-20-16(14-10-6-7-11-15(14)19)17(18(20)21)22-13-8-4-3-5-9-13/h2-11,16-17H,1,12H2. The summed E-state index contributed by atoms with van der Waals surface area (Å²) in [7, 11) is 0. The van der Waals surface area contributed by atoms with Crippen LogP contribution in [0.1, 0.15) is 11.6 Å². The second kappa shape index (κ2) is 6.36. The van der Waals surface area contributed by atoms with Crippen LogP contribution in [0.15, 0.2) is 71.7 Å². The van der Waals surface area contributed by atoms with Gasteiger partial charge in [-0.3, -0.25) is 4.79 Å². The highest BCUT2D eigenvalue weighted by Crippen LogP contribution is 2.40.